The molecule has 0 fully saturated rings. The molecule has 0 aliphatic rings. The zero-order chi connectivity index (χ0) is 11.1. The summed E-state index contributed by atoms with van der Waals surface area (Å²) in [6.07, 6.45) is 1.80. The summed E-state index contributed by atoms with van der Waals surface area (Å²) in [6.45, 7) is 5.14. The highest BCUT2D eigenvalue weighted by Crippen LogP contribution is 2.11. The Labute approximate surface area is 91.1 Å². The van der Waals surface area contributed by atoms with Crippen molar-refractivity contribution in [3.05, 3.63) is 23.9 Å². The van der Waals surface area contributed by atoms with Crippen molar-refractivity contribution in [1.29, 1.82) is 0 Å². The van der Waals surface area contributed by atoms with Crippen molar-refractivity contribution in [2.24, 2.45) is 5.73 Å². The molecule has 2 N–H and O–H groups in total. The molecule has 0 saturated heterocycles. The predicted octanol–water partition coefficient (Wildman–Crippen LogP) is 1.01. The van der Waals surface area contributed by atoms with Crippen LogP contribution in [0.1, 0.15) is 12.5 Å². The molecule has 1 aromatic rings. The van der Waals surface area contributed by atoms with Crippen molar-refractivity contribution in [3.63, 3.8) is 0 Å². The van der Waals surface area contributed by atoms with Crippen molar-refractivity contribution >= 4 is 5.82 Å². The van der Waals surface area contributed by atoms with Gasteiger partial charge in [-0.25, -0.2) is 4.98 Å². The molecule has 0 aliphatic heterocycles. The summed E-state index contributed by atoms with van der Waals surface area (Å²) in [5.41, 5.74) is 6.70. The van der Waals surface area contributed by atoms with Crippen LogP contribution < -0.4 is 10.6 Å². The van der Waals surface area contributed by atoms with Crippen LogP contribution in [0.5, 0.6) is 0 Å². The first kappa shape index (κ1) is 11.9. The molecule has 4 heteroatoms. The Bertz CT molecular complexity index is 291. The minimum absolute atomic E-state index is 0.553. The van der Waals surface area contributed by atoms with Gasteiger partial charge in [-0.2, -0.15) is 0 Å². The first-order chi connectivity index (χ1) is 7.31. The average Bonchev–Trinajstić information content (AvgIpc) is 2.30. The van der Waals surface area contributed by atoms with Gasteiger partial charge in [0.15, 0.2) is 0 Å². The fraction of sp³-hybridized carbons (Fsp3) is 0.545. The SMILES string of the molecule is CCN(CCOC)c1cc(CN)ccn1. The number of ether oxygens (including phenoxy) is 1. The van der Waals surface area contributed by atoms with Crippen LogP contribution in [-0.2, 0) is 11.3 Å². The van der Waals surface area contributed by atoms with Crippen molar-refractivity contribution in [2.75, 3.05) is 31.7 Å². The van der Waals surface area contributed by atoms with E-state index in [9.17, 15) is 0 Å². The smallest absolute Gasteiger partial charge is 0.128 e. The van der Waals surface area contributed by atoms with E-state index in [0.29, 0.717) is 13.2 Å². The Hall–Kier alpha value is -1.13. The fourth-order valence-corrected chi connectivity index (χ4v) is 1.40. The molecule has 1 rings (SSSR count). The predicted molar refractivity (Wildman–Crippen MR) is 61.9 cm³/mol. The van der Waals surface area contributed by atoms with Gasteiger partial charge in [-0.3, -0.25) is 0 Å². The Kier molecular flexibility index (Phi) is 5.07. The summed E-state index contributed by atoms with van der Waals surface area (Å²) >= 11 is 0. The molecular weight excluding hydrogens is 190 g/mol. The molecule has 0 bridgehead atoms. The van der Waals surface area contributed by atoms with E-state index < -0.39 is 0 Å². The van der Waals surface area contributed by atoms with E-state index >= 15 is 0 Å². The largest absolute Gasteiger partial charge is 0.383 e. The second-order valence-corrected chi connectivity index (χ2v) is 3.30. The first-order valence-electron chi connectivity index (χ1n) is 5.20. The highest BCUT2D eigenvalue weighted by atomic mass is 16.5. The lowest BCUT2D eigenvalue weighted by molar-refractivity contribution is 0.205. The molecule has 15 heavy (non-hydrogen) atoms. The normalized spacial score (nSPS) is 10.3. The standard InChI is InChI=1S/C11H19N3O/c1-3-14(6-7-15-2)11-8-10(9-12)4-5-13-11/h4-5,8H,3,6-7,9,12H2,1-2H3. The average molecular weight is 209 g/mol. The van der Waals surface area contributed by atoms with Gasteiger partial charge in [0.2, 0.25) is 0 Å². The summed E-state index contributed by atoms with van der Waals surface area (Å²) in [5, 5.41) is 0. The van der Waals surface area contributed by atoms with Gasteiger partial charge in [0.25, 0.3) is 0 Å². The number of aromatic nitrogens is 1. The van der Waals surface area contributed by atoms with Crippen LogP contribution in [0.3, 0.4) is 0 Å². The van der Waals surface area contributed by atoms with Gasteiger partial charge in [0.1, 0.15) is 5.82 Å². The molecule has 0 aromatic carbocycles. The van der Waals surface area contributed by atoms with Crippen molar-refractivity contribution in [3.8, 4) is 0 Å². The maximum atomic E-state index is 5.59. The maximum Gasteiger partial charge on any atom is 0.128 e. The molecule has 4 nitrogen and oxygen atoms in total. The fourth-order valence-electron chi connectivity index (χ4n) is 1.40. The Morgan fingerprint density at radius 1 is 1.53 bits per heavy atom. The van der Waals surface area contributed by atoms with Gasteiger partial charge >= 0.3 is 0 Å². The van der Waals surface area contributed by atoms with Crippen LogP contribution in [0, 0.1) is 0 Å². The highest BCUT2D eigenvalue weighted by Gasteiger charge is 2.05. The van der Waals surface area contributed by atoms with Crippen LogP contribution >= 0.6 is 0 Å². The minimum Gasteiger partial charge on any atom is -0.383 e. The molecule has 1 heterocycles. The van der Waals surface area contributed by atoms with Crippen LogP contribution in [-0.4, -0.2) is 31.8 Å². The van der Waals surface area contributed by atoms with Crippen molar-refractivity contribution in [2.45, 2.75) is 13.5 Å². The number of hydrogen-bond donors (Lipinski definition) is 1. The summed E-state index contributed by atoms with van der Waals surface area (Å²) in [7, 11) is 1.71. The van der Waals surface area contributed by atoms with E-state index in [2.05, 4.69) is 16.8 Å². The van der Waals surface area contributed by atoms with E-state index in [0.717, 1.165) is 24.5 Å². The second kappa shape index (κ2) is 6.37. The van der Waals surface area contributed by atoms with E-state index in [1.54, 1.807) is 13.3 Å². The Balaban J connectivity index is 2.72. The monoisotopic (exact) mass is 209 g/mol. The van der Waals surface area contributed by atoms with Gasteiger partial charge in [-0.15, -0.1) is 0 Å². The molecule has 1 aromatic heterocycles. The lowest BCUT2D eigenvalue weighted by Crippen LogP contribution is -2.27. The third kappa shape index (κ3) is 3.49. The zero-order valence-electron chi connectivity index (χ0n) is 9.44. The molecule has 0 unspecified atom stereocenters. The summed E-state index contributed by atoms with van der Waals surface area (Å²) in [5.74, 6) is 0.970. The first-order valence-corrected chi connectivity index (χ1v) is 5.20. The number of nitrogens with two attached hydrogens (primary N) is 1. The van der Waals surface area contributed by atoms with Crippen molar-refractivity contribution in [1.82, 2.24) is 4.98 Å². The second-order valence-electron chi connectivity index (χ2n) is 3.30. The third-order valence-electron chi connectivity index (χ3n) is 2.32. The molecule has 0 spiro atoms. The van der Waals surface area contributed by atoms with Crippen molar-refractivity contribution < 1.29 is 4.74 Å². The van der Waals surface area contributed by atoms with Gasteiger partial charge < -0.3 is 15.4 Å². The molecule has 0 saturated carbocycles. The number of anilines is 1. The van der Waals surface area contributed by atoms with Crippen LogP contribution in [0.4, 0.5) is 5.82 Å². The minimum atomic E-state index is 0.553. The van der Waals surface area contributed by atoms with E-state index in [1.807, 2.05) is 12.1 Å². The zero-order valence-corrected chi connectivity index (χ0v) is 9.44. The van der Waals surface area contributed by atoms with Gasteiger partial charge in [0.05, 0.1) is 6.61 Å². The number of nitrogens with zero attached hydrogens (tertiary/aromatic N) is 2. The van der Waals surface area contributed by atoms with E-state index in [-0.39, 0.29) is 0 Å². The van der Waals surface area contributed by atoms with E-state index in [4.69, 9.17) is 10.5 Å². The van der Waals surface area contributed by atoms with Gasteiger partial charge in [-0.1, -0.05) is 0 Å². The molecular formula is C11H19N3O. The molecule has 0 aliphatic carbocycles. The highest BCUT2D eigenvalue weighted by molar-refractivity contribution is 5.40. The van der Waals surface area contributed by atoms with Crippen LogP contribution in [0.2, 0.25) is 0 Å². The Morgan fingerprint density at radius 2 is 2.33 bits per heavy atom. The van der Waals surface area contributed by atoms with Gasteiger partial charge in [-0.05, 0) is 24.6 Å². The Morgan fingerprint density at radius 3 is 2.93 bits per heavy atom. The van der Waals surface area contributed by atoms with Crippen LogP contribution in [0.25, 0.3) is 0 Å². The lowest BCUT2D eigenvalue weighted by atomic mass is 10.2. The maximum absolute atomic E-state index is 5.59. The summed E-state index contributed by atoms with van der Waals surface area (Å²) < 4.78 is 5.06. The quantitative estimate of drug-likeness (QED) is 0.759. The van der Waals surface area contributed by atoms with E-state index in [1.165, 1.54) is 0 Å². The third-order valence-corrected chi connectivity index (χ3v) is 2.32. The number of methoxy groups -OCH3 is 1. The lowest BCUT2D eigenvalue weighted by Gasteiger charge is -2.21. The molecule has 84 valence electrons. The topological polar surface area (TPSA) is 51.4 Å². The summed E-state index contributed by atoms with van der Waals surface area (Å²) in [6, 6.07) is 3.97. The number of pyridine rings is 1. The molecule has 0 amide bonds. The number of hydrogen-bond acceptors (Lipinski definition) is 4. The van der Waals surface area contributed by atoms with Crippen LogP contribution in [0.15, 0.2) is 18.3 Å². The number of likely N-dealkylation sites (N-methyl/N-ethyl adjacent to an activating group) is 1. The molecule has 0 radical (unpaired) electrons. The molecule has 0 atom stereocenters. The van der Waals surface area contributed by atoms with Gasteiger partial charge in [0, 0.05) is 32.9 Å². The number of rotatable bonds is 6. The summed E-state index contributed by atoms with van der Waals surface area (Å²) in [4.78, 5) is 6.50.